The summed E-state index contributed by atoms with van der Waals surface area (Å²) in [6.45, 7) is 3.30. The summed E-state index contributed by atoms with van der Waals surface area (Å²) in [6, 6.07) is 0. The van der Waals surface area contributed by atoms with E-state index in [0.717, 1.165) is 58.2 Å². The van der Waals surface area contributed by atoms with Gasteiger partial charge in [-0.25, -0.2) is 0 Å². The summed E-state index contributed by atoms with van der Waals surface area (Å²) in [5, 5.41) is 0. The molecule has 1 atom stereocenters. The predicted octanol–water partition coefficient (Wildman–Crippen LogP) is 1.81. The maximum absolute atomic E-state index is 12.5. The number of nitrogens with zero attached hydrogens (tertiary/aromatic N) is 2. The molecule has 2 heterocycles. The zero-order valence-electron chi connectivity index (χ0n) is 12.1. The highest BCUT2D eigenvalue weighted by Gasteiger charge is 2.34. The van der Waals surface area contributed by atoms with Crippen LogP contribution in [-0.2, 0) is 9.59 Å². The summed E-state index contributed by atoms with van der Waals surface area (Å²) in [5.74, 6) is 0.717. The Balaban J connectivity index is 1.58. The highest BCUT2D eigenvalue weighted by molar-refractivity contribution is 5.83. The van der Waals surface area contributed by atoms with E-state index in [1.54, 1.807) is 0 Å². The number of likely N-dealkylation sites (tertiary alicyclic amines) is 2. The molecule has 0 aromatic rings. The van der Waals surface area contributed by atoms with Crippen molar-refractivity contribution in [2.24, 2.45) is 11.8 Å². The fourth-order valence-corrected chi connectivity index (χ4v) is 3.65. The summed E-state index contributed by atoms with van der Waals surface area (Å²) in [6.07, 6.45) is 10.1. The molecule has 0 saturated carbocycles. The molecule has 2 fully saturated rings. The van der Waals surface area contributed by atoms with Gasteiger partial charge in [0.1, 0.15) is 0 Å². The molecule has 2 aliphatic heterocycles. The van der Waals surface area contributed by atoms with Crippen LogP contribution in [0.2, 0.25) is 0 Å². The summed E-state index contributed by atoms with van der Waals surface area (Å²) in [7, 11) is 0. The van der Waals surface area contributed by atoms with Crippen molar-refractivity contribution < 1.29 is 9.59 Å². The Morgan fingerprint density at radius 1 is 0.800 bits per heavy atom. The molecule has 0 aromatic heterocycles. The molecule has 2 saturated heterocycles. The minimum Gasteiger partial charge on any atom is -0.342 e. The lowest BCUT2D eigenvalue weighted by Crippen LogP contribution is -2.47. The van der Waals surface area contributed by atoms with Crippen LogP contribution in [0.5, 0.6) is 0 Å². The molecule has 3 rings (SSSR count). The molecule has 1 aliphatic carbocycles. The van der Waals surface area contributed by atoms with Crippen molar-refractivity contribution in [1.29, 1.82) is 0 Å². The zero-order valence-corrected chi connectivity index (χ0v) is 12.1. The van der Waals surface area contributed by atoms with Gasteiger partial charge in [0.15, 0.2) is 0 Å². The van der Waals surface area contributed by atoms with Crippen LogP contribution in [0, 0.1) is 11.8 Å². The van der Waals surface area contributed by atoms with Crippen LogP contribution in [0.4, 0.5) is 0 Å². The first-order valence-corrected chi connectivity index (χ1v) is 7.98. The molecule has 3 aliphatic rings. The lowest BCUT2D eigenvalue weighted by molar-refractivity contribution is -0.142. The van der Waals surface area contributed by atoms with Gasteiger partial charge in [-0.15, -0.1) is 0 Å². The van der Waals surface area contributed by atoms with Crippen LogP contribution >= 0.6 is 0 Å². The molecular formula is C16H24N2O2. The number of hydrogen-bond acceptors (Lipinski definition) is 2. The Hall–Kier alpha value is -1.32. The smallest absolute Gasteiger partial charge is 0.227 e. The molecular weight excluding hydrogens is 252 g/mol. The fraction of sp³-hybridized carbons (Fsp3) is 0.750. The third kappa shape index (κ3) is 2.74. The van der Waals surface area contributed by atoms with Crippen molar-refractivity contribution in [3.63, 3.8) is 0 Å². The lowest BCUT2D eigenvalue weighted by atomic mass is 9.94. The highest BCUT2D eigenvalue weighted by atomic mass is 16.2. The standard InChI is InChI=1S/C16H24N2O2/c19-15(13-6-1-2-7-13)18-11-5-8-14(12-18)16(20)17-9-3-4-10-17/h1-2,13-14H,3-12H2. The minimum atomic E-state index is 0.0418. The average molecular weight is 276 g/mol. The van der Waals surface area contributed by atoms with E-state index >= 15 is 0 Å². The molecule has 1 unspecified atom stereocenters. The van der Waals surface area contributed by atoms with Crippen LogP contribution in [0.1, 0.15) is 38.5 Å². The van der Waals surface area contributed by atoms with Crippen LogP contribution in [0.15, 0.2) is 12.2 Å². The van der Waals surface area contributed by atoms with Crippen molar-refractivity contribution in [1.82, 2.24) is 9.80 Å². The summed E-state index contributed by atoms with van der Waals surface area (Å²) in [4.78, 5) is 28.9. The second-order valence-electron chi connectivity index (χ2n) is 6.30. The van der Waals surface area contributed by atoms with Crippen molar-refractivity contribution in [3.8, 4) is 0 Å². The zero-order chi connectivity index (χ0) is 13.9. The molecule has 2 amide bonds. The Labute approximate surface area is 120 Å². The Bertz CT molecular complexity index is 385. The van der Waals surface area contributed by atoms with Gasteiger partial charge < -0.3 is 9.80 Å². The first-order chi connectivity index (χ1) is 9.75. The van der Waals surface area contributed by atoms with Gasteiger partial charge in [-0.2, -0.15) is 0 Å². The van der Waals surface area contributed by atoms with Gasteiger partial charge in [0.25, 0.3) is 0 Å². The van der Waals surface area contributed by atoms with Gasteiger partial charge in [0.05, 0.1) is 5.92 Å². The number of piperidine rings is 1. The fourth-order valence-electron chi connectivity index (χ4n) is 3.65. The van der Waals surface area contributed by atoms with E-state index in [1.807, 2.05) is 9.80 Å². The van der Waals surface area contributed by atoms with E-state index in [1.165, 1.54) is 0 Å². The van der Waals surface area contributed by atoms with E-state index < -0.39 is 0 Å². The van der Waals surface area contributed by atoms with E-state index in [0.29, 0.717) is 6.54 Å². The normalized spacial score (nSPS) is 27.3. The predicted molar refractivity (Wildman–Crippen MR) is 77.0 cm³/mol. The summed E-state index contributed by atoms with van der Waals surface area (Å²) < 4.78 is 0. The van der Waals surface area contributed by atoms with Gasteiger partial charge >= 0.3 is 0 Å². The van der Waals surface area contributed by atoms with Crippen LogP contribution < -0.4 is 0 Å². The van der Waals surface area contributed by atoms with Crippen molar-refractivity contribution in [2.75, 3.05) is 26.2 Å². The quantitative estimate of drug-likeness (QED) is 0.722. The lowest BCUT2D eigenvalue weighted by Gasteiger charge is -2.35. The first-order valence-electron chi connectivity index (χ1n) is 7.98. The number of hydrogen-bond donors (Lipinski definition) is 0. The van der Waals surface area contributed by atoms with Gasteiger partial charge in [0.2, 0.25) is 11.8 Å². The molecule has 4 heteroatoms. The Morgan fingerprint density at radius 2 is 1.40 bits per heavy atom. The number of carbonyl (C=O) groups is 2. The minimum absolute atomic E-state index is 0.0418. The van der Waals surface area contributed by atoms with Gasteiger partial charge in [0, 0.05) is 32.1 Å². The summed E-state index contributed by atoms with van der Waals surface area (Å²) in [5.41, 5.74) is 0. The van der Waals surface area contributed by atoms with E-state index in [-0.39, 0.29) is 23.7 Å². The highest BCUT2D eigenvalue weighted by Crippen LogP contribution is 2.26. The SMILES string of the molecule is O=C(C1CCCN(C(=O)C2CC=CC2)C1)N1CCCC1. The molecule has 0 N–H and O–H groups in total. The monoisotopic (exact) mass is 276 g/mol. The topological polar surface area (TPSA) is 40.6 Å². The number of carbonyl (C=O) groups excluding carboxylic acids is 2. The second-order valence-corrected chi connectivity index (χ2v) is 6.30. The van der Waals surface area contributed by atoms with Crippen molar-refractivity contribution in [3.05, 3.63) is 12.2 Å². The second kappa shape index (κ2) is 5.98. The third-order valence-electron chi connectivity index (χ3n) is 4.86. The van der Waals surface area contributed by atoms with Crippen molar-refractivity contribution in [2.45, 2.75) is 38.5 Å². The molecule has 20 heavy (non-hydrogen) atoms. The largest absolute Gasteiger partial charge is 0.342 e. The number of rotatable bonds is 2. The molecule has 110 valence electrons. The Kier molecular flexibility index (Phi) is 4.08. The van der Waals surface area contributed by atoms with Gasteiger partial charge in [-0.1, -0.05) is 12.2 Å². The molecule has 0 bridgehead atoms. The molecule has 0 radical (unpaired) electrons. The van der Waals surface area contributed by atoms with Crippen LogP contribution in [-0.4, -0.2) is 47.8 Å². The van der Waals surface area contributed by atoms with Gasteiger partial charge in [-0.05, 0) is 38.5 Å². The van der Waals surface area contributed by atoms with Crippen LogP contribution in [0.25, 0.3) is 0 Å². The Morgan fingerprint density at radius 3 is 2.10 bits per heavy atom. The first kappa shape index (κ1) is 13.7. The van der Waals surface area contributed by atoms with E-state index in [9.17, 15) is 9.59 Å². The van der Waals surface area contributed by atoms with E-state index in [4.69, 9.17) is 0 Å². The maximum atomic E-state index is 12.5. The van der Waals surface area contributed by atoms with Crippen LogP contribution in [0.3, 0.4) is 0 Å². The molecule has 0 aromatic carbocycles. The van der Waals surface area contributed by atoms with E-state index in [2.05, 4.69) is 12.2 Å². The molecule has 0 spiro atoms. The average Bonchev–Trinajstić information content (AvgIpc) is 3.18. The number of allylic oxidation sites excluding steroid dienone is 2. The number of amides is 2. The molecule has 4 nitrogen and oxygen atoms in total. The van der Waals surface area contributed by atoms with Gasteiger partial charge in [-0.3, -0.25) is 9.59 Å². The summed E-state index contributed by atoms with van der Waals surface area (Å²) >= 11 is 0. The third-order valence-corrected chi connectivity index (χ3v) is 4.86. The van der Waals surface area contributed by atoms with Crippen molar-refractivity contribution >= 4 is 11.8 Å². The maximum Gasteiger partial charge on any atom is 0.227 e.